The van der Waals surface area contributed by atoms with Gasteiger partial charge in [-0.05, 0) is 17.7 Å². The van der Waals surface area contributed by atoms with E-state index >= 15 is 0 Å². The molecule has 1 fully saturated rings. The van der Waals surface area contributed by atoms with Crippen molar-refractivity contribution >= 4 is 35.0 Å². The summed E-state index contributed by atoms with van der Waals surface area (Å²) in [4.78, 5) is 5.49. The molecule has 0 spiro atoms. The highest BCUT2D eigenvalue weighted by Gasteiger charge is 2.42. The van der Waals surface area contributed by atoms with Crippen LogP contribution in [0.25, 0.3) is 0 Å². The molecule has 1 aromatic rings. The molecule has 0 aromatic heterocycles. The van der Waals surface area contributed by atoms with Crippen LogP contribution in [0.5, 0.6) is 0 Å². The number of nitrogens with one attached hydrogen (secondary N) is 1. The third-order valence-electron chi connectivity index (χ3n) is 3.67. The number of rotatable bonds is 3. The smallest absolute Gasteiger partial charge is 0.252 e. The van der Waals surface area contributed by atoms with Crippen LogP contribution in [0, 0.1) is 5.41 Å². The second-order valence-corrected chi connectivity index (χ2v) is 6.21. The van der Waals surface area contributed by atoms with E-state index in [1.54, 1.807) is 18.2 Å². The third kappa shape index (κ3) is 4.45. The molecule has 0 bridgehead atoms. The predicted octanol–water partition coefficient (Wildman–Crippen LogP) is 2.84. The molecule has 1 saturated heterocycles. The molecule has 23 heavy (non-hydrogen) atoms. The van der Waals surface area contributed by atoms with E-state index in [1.165, 1.54) is 4.90 Å². The Balaban J connectivity index is 2.16. The molecule has 0 aliphatic carbocycles. The number of amidine groups is 1. The molecule has 126 valence electrons. The van der Waals surface area contributed by atoms with Crippen molar-refractivity contribution in [2.75, 3.05) is 6.54 Å². The lowest BCUT2D eigenvalue weighted by atomic mass is 9.98. The first-order valence-electron chi connectivity index (χ1n) is 6.92. The summed E-state index contributed by atoms with van der Waals surface area (Å²) in [7, 11) is 0. The summed E-state index contributed by atoms with van der Waals surface area (Å²) < 4.78 is 27.3. The molecule has 1 aliphatic heterocycles. The molecule has 1 atom stereocenters. The minimum atomic E-state index is -2.85. The fraction of sp³-hybridized carbons (Fsp3) is 0.429. The topological polar surface area (TPSA) is 91.5 Å². The van der Waals surface area contributed by atoms with Crippen molar-refractivity contribution in [3.8, 4) is 0 Å². The number of hydrogen-bond acceptors (Lipinski definition) is 2. The van der Waals surface area contributed by atoms with Gasteiger partial charge in [0.05, 0.1) is 22.6 Å². The zero-order valence-corrected chi connectivity index (χ0v) is 13.7. The maximum atomic E-state index is 13.6. The molecule has 2 rings (SSSR count). The van der Waals surface area contributed by atoms with Crippen molar-refractivity contribution in [3.05, 3.63) is 33.8 Å². The normalized spacial score (nSPS) is 21.3. The lowest BCUT2D eigenvalue weighted by molar-refractivity contribution is -0.0527. The van der Waals surface area contributed by atoms with Gasteiger partial charge >= 0.3 is 0 Å². The van der Waals surface area contributed by atoms with E-state index in [9.17, 15) is 8.78 Å². The van der Waals surface area contributed by atoms with E-state index < -0.39 is 18.4 Å². The Morgan fingerprint density at radius 2 is 2.04 bits per heavy atom. The summed E-state index contributed by atoms with van der Waals surface area (Å²) in [6, 6.07) is 4.10. The highest BCUT2D eigenvalue weighted by atomic mass is 35.5. The number of halogens is 4. The number of benzene rings is 1. The number of hydrogen-bond donors (Lipinski definition) is 3. The van der Waals surface area contributed by atoms with Gasteiger partial charge in [-0.3, -0.25) is 10.4 Å². The van der Waals surface area contributed by atoms with Gasteiger partial charge in [0, 0.05) is 19.4 Å². The molecule has 1 unspecified atom stereocenters. The molecule has 5 nitrogen and oxygen atoms in total. The van der Waals surface area contributed by atoms with Crippen LogP contribution >= 0.6 is 23.2 Å². The number of guanidine groups is 1. The van der Waals surface area contributed by atoms with Crippen molar-refractivity contribution in [1.29, 1.82) is 5.41 Å². The third-order valence-corrected chi connectivity index (χ3v) is 4.40. The van der Waals surface area contributed by atoms with Gasteiger partial charge in [-0.25, -0.2) is 8.78 Å². The molecular formula is C14H17Cl2F2N5. The molecule has 5 N–H and O–H groups in total. The molecular weight excluding hydrogens is 347 g/mol. The summed E-state index contributed by atoms with van der Waals surface area (Å²) >= 11 is 11.7. The SMILES string of the molecule is N=C(N)N1CCC(F)(F)CC1C(N)=NCc1ccc(Cl)c(Cl)c1. The molecule has 1 aliphatic rings. The maximum Gasteiger partial charge on any atom is 0.252 e. The number of aliphatic imine (C=N–C) groups is 1. The molecule has 1 heterocycles. The van der Waals surface area contributed by atoms with E-state index in [0.29, 0.717) is 10.0 Å². The summed E-state index contributed by atoms with van der Waals surface area (Å²) in [5, 5.41) is 8.31. The van der Waals surface area contributed by atoms with E-state index in [1.807, 2.05) is 0 Å². The van der Waals surface area contributed by atoms with Crippen LogP contribution in [-0.4, -0.2) is 35.2 Å². The van der Waals surface area contributed by atoms with Gasteiger partial charge in [0.2, 0.25) is 0 Å². The Kier molecular flexibility index (Phi) is 5.31. The average Bonchev–Trinajstić information content (AvgIpc) is 2.46. The van der Waals surface area contributed by atoms with Crippen molar-refractivity contribution in [1.82, 2.24) is 4.90 Å². The minimum Gasteiger partial charge on any atom is -0.386 e. The van der Waals surface area contributed by atoms with E-state index in [2.05, 4.69) is 4.99 Å². The van der Waals surface area contributed by atoms with Gasteiger partial charge in [0.1, 0.15) is 5.84 Å². The number of likely N-dealkylation sites (tertiary alicyclic amines) is 1. The fourth-order valence-electron chi connectivity index (χ4n) is 2.41. The summed E-state index contributed by atoms with van der Waals surface area (Å²) in [6.07, 6.45) is -0.869. The Hall–Kier alpha value is -1.60. The van der Waals surface area contributed by atoms with Gasteiger partial charge < -0.3 is 16.4 Å². The van der Waals surface area contributed by atoms with E-state index in [4.69, 9.17) is 40.1 Å². The van der Waals surface area contributed by atoms with Crippen molar-refractivity contribution in [3.63, 3.8) is 0 Å². The Morgan fingerprint density at radius 1 is 1.35 bits per heavy atom. The van der Waals surface area contributed by atoms with E-state index in [-0.39, 0.29) is 31.3 Å². The van der Waals surface area contributed by atoms with Crippen LogP contribution in [0.15, 0.2) is 23.2 Å². The predicted molar refractivity (Wildman–Crippen MR) is 88.4 cm³/mol. The lowest BCUT2D eigenvalue weighted by Gasteiger charge is -2.39. The monoisotopic (exact) mass is 363 g/mol. The van der Waals surface area contributed by atoms with Crippen LogP contribution in [0.2, 0.25) is 10.0 Å². The number of alkyl halides is 2. The maximum absolute atomic E-state index is 13.6. The zero-order chi connectivity index (χ0) is 17.2. The van der Waals surface area contributed by atoms with Crippen LogP contribution in [0.3, 0.4) is 0 Å². The first-order chi connectivity index (χ1) is 10.7. The van der Waals surface area contributed by atoms with Gasteiger partial charge in [-0.15, -0.1) is 0 Å². The van der Waals surface area contributed by atoms with Crippen molar-refractivity contribution in [2.45, 2.75) is 31.4 Å². The molecule has 9 heteroatoms. The first kappa shape index (κ1) is 17.7. The molecule has 0 saturated carbocycles. The van der Waals surface area contributed by atoms with Gasteiger partial charge in [-0.1, -0.05) is 29.3 Å². The summed E-state index contributed by atoms with van der Waals surface area (Å²) in [5.74, 6) is -3.12. The highest BCUT2D eigenvalue weighted by molar-refractivity contribution is 6.42. The van der Waals surface area contributed by atoms with Gasteiger partial charge in [0.15, 0.2) is 5.96 Å². The van der Waals surface area contributed by atoms with Crippen molar-refractivity contribution < 1.29 is 8.78 Å². The summed E-state index contributed by atoms with van der Waals surface area (Å²) in [6.45, 7) is 0.145. The van der Waals surface area contributed by atoms with Crippen molar-refractivity contribution in [2.24, 2.45) is 16.5 Å². The largest absolute Gasteiger partial charge is 0.386 e. The van der Waals surface area contributed by atoms with E-state index in [0.717, 1.165) is 5.56 Å². The average molecular weight is 364 g/mol. The number of nitrogens with two attached hydrogens (primary N) is 2. The minimum absolute atomic E-state index is 0.0191. The standard InChI is InChI=1S/C14H17Cl2F2N5/c15-9-2-1-8(5-10(9)16)7-22-12(19)11-6-14(17,18)3-4-23(11)13(20)21/h1-2,5,11H,3-4,6-7H2,(H2,19,22)(H3,20,21). The number of nitrogens with zero attached hydrogens (tertiary/aromatic N) is 2. The highest BCUT2D eigenvalue weighted by Crippen LogP contribution is 2.32. The van der Waals surface area contributed by atoms with Crippen LogP contribution in [0.1, 0.15) is 18.4 Å². The van der Waals surface area contributed by atoms with Gasteiger partial charge in [-0.2, -0.15) is 0 Å². The second kappa shape index (κ2) is 6.88. The first-order valence-corrected chi connectivity index (χ1v) is 7.67. The van der Waals surface area contributed by atoms with Gasteiger partial charge in [0.25, 0.3) is 5.92 Å². The quantitative estimate of drug-likeness (QED) is 0.569. The number of piperidine rings is 1. The molecule has 1 aromatic carbocycles. The zero-order valence-electron chi connectivity index (χ0n) is 12.2. The second-order valence-electron chi connectivity index (χ2n) is 5.39. The fourth-order valence-corrected chi connectivity index (χ4v) is 2.73. The van der Waals surface area contributed by atoms with Crippen LogP contribution in [0.4, 0.5) is 8.78 Å². The van der Waals surface area contributed by atoms with Crippen LogP contribution in [-0.2, 0) is 6.54 Å². The molecule has 0 amide bonds. The Bertz CT molecular complexity index is 636. The lowest BCUT2D eigenvalue weighted by Crippen LogP contribution is -2.57. The Labute approximate surface area is 142 Å². The Morgan fingerprint density at radius 3 is 2.65 bits per heavy atom. The summed E-state index contributed by atoms with van der Waals surface area (Å²) in [5.41, 5.74) is 12.1. The molecule has 0 radical (unpaired) electrons. The van der Waals surface area contributed by atoms with Crippen LogP contribution < -0.4 is 11.5 Å².